The lowest BCUT2D eigenvalue weighted by Gasteiger charge is -2.18. The molecule has 0 unspecified atom stereocenters. The van der Waals surface area contributed by atoms with Gasteiger partial charge in [-0.25, -0.2) is 14.4 Å². The average molecular weight is 883 g/mol. The molecule has 0 amide bonds. The molecule has 66 heavy (non-hydrogen) atoms. The van der Waals surface area contributed by atoms with Crippen LogP contribution < -0.4 is 14.2 Å². The van der Waals surface area contributed by atoms with Crippen molar-refractivity contribution in [3.05, 3.63) is 164 Å². The van der Waals surface area contributed by atoms with Gasteiger partial charge in [-0.1, -0.05) is 109 Å². The van der Waals surface area contributed by atoms with Gasteiger partial charge >= 0.3 is 18.5 Å². The van der Waals surface area contributed by atoms with Crippen LogP contribution in [0.15, 0.2) is 164 Å². The Labute approximate surface area is 386 Å². The summed E-state index contributed by atoms with van der Waals surface area (Å²) in [7, 11) is 0. The van der Waals surface area contributed by atoms with E-state index < -0.39 is 35.3 Å². The Morgan fingerprint density at radius 3 is 0.576 bits per heavy atom. The van der Waals surface area contributed by atoms with Crippen LogP contribution in [0.5, 0.6) is 17.2 Å². The molecule has 0 saturated carbocycles. The van der Waals surface area contributed by atoms with E-state index in [9.17, 15) is 14.4 Å². The minimum absolute atomic E-state index is 0.403. The van der Waals surface area contributed by atoms with Crippen molar-refractivity contribution in [3.8, 4) is 84.0 Å². The summed E-state index contributed by atoms with van der Waals surface area (Å²) in [6, 6.07) is 53.8. The van der Waals surface area contributed by atoms with Gasteiger partial charge in [-0.2, -0.15) is 0 Å². The fourth-order valence-corrected chi connectivity index (χ4v) is 6.94. The molecule has 7 rings (SSSR count). The van der Waals surface area contributed by atoms with Crippen LogP contribution in [0.3, 0.4) is 0 Å². The summed E-state index contributed by atoms with van der Waals surface area (Å²) in [5.74, 6) is 1.21. The van der Waals surface area contributed by atoms with Crippen molar-refractivity contribution in [1.82, 2.24) is 0 Å². The van der Waals surface area contributed by atoms with Gasteiger partial charge in [-0.15, -0.1) is 0 Å². The zero-order chi connectivity index (χ0) is 47.2. The highest BCUT2D eigenvalue weighted by atomic mass is 16.7. The minimum Gasteiger partial charge on any atom is -0.428 e. The highest BCUT2D eigenvalue weighted by Crippen LogP contribution is 2.36. The second kappa shape index (κ2) is 19.2. The molecule has 0 heterocycles. The van der Waals surface area contributed by atoms with Crippen molar-refractivity contribution >= 4 is 18.5 Å². The van der Waals surface area contributed by atoms with E-state index in [1.807, 2.05) is 36.4 Å². The molecule has 0 fully saturated rings. The molecule has 7 aromatic rings. The summed E-state index contributed by atoms with van der Waals surface area (Å²) < 4.78 is 32.0. The maximum absolute atomic E-state index is 12.2. The second-order valence-corrected chi connectivity index (χ2v) is 18.8. The number of carbonyl (C=O) groups excluding carboxylic acids is 3. The van der Waals surface area contributed by atoms with Crippen LogP contribution in [0.4, 0.5) is 14.4 Å². The summed E-state index contributed by atoms with van der Waals surface area (Å²) in [6.45, 7) is 16.1. The quantitative estimate of drug-likeness (QED) is 0.0796. The normalized spacial score (nSPS) is 11.6. The number of carbonyl (C=O) groups is 3. The molecule has 0 aliphatic carbocycles. The zero-order valence-electron chi connectivity index (χ0n) is 38.8. The van der Waals surface area contributed by atoms with Crippen LogP contribution in [0, 0.1) is 0 Å². The Balaban J connectivity index is 1.15. The first-order valence-electron chi connectivity index (χ1n) is 21.7. The van der Waals surface area contributed by atoms with Crippen LogP contribution in [-0.4, -0.2) is 35.3 Å². The van der Waals surface area contributed by atoms with Gasteiger partial charge in [0.05, 0.1) is 0 Å². The molecule has 336 valence electrons. The average Bonchev–Trinajstić information content (AvgIpc) is 3.25. The number of hydrogen-bond donors (Lipinski definition) is 0. The summed E-state index contributed by atoms with van der Waals surface area (Å²) in [6.07, 6.45) is -2.24. The highest BCUT2D eigenvalue weighted by molar-refractivity contribution is 5.84. The van der Waals surface area contributed by atoms with Crippen molar-refractivity contribution in [2.45, 2.75) is 79.1 Å². The van der Waals surface area contributed by atoms with E-state index in [1.165, 1.54) is 0 Å². The van der Waals surface area contributed by atoms with Gasteiger partial charge in [0.2, 0.25) is 0 Å². The number of hydrogen-bond acceptors (Lipinski definition) is 9. The van der Waals surface area contributed by atoms with Gasteiger partial charge in [-0.3, -0.25) is 0 Å². The van der Waals surface area contributed by atoms with Gasteiger partial charge in [0.1, 0.15) is 34.1 Å². The summed E-state index contributed by atoms with van der Waals surface area (Å²) >= 11 is 0. The van der Waals surface area contributed by atoms with Gasteiger partial charge in [0, 0.05) is 0 Å². The van der Waals surface area contributed by atoms with Crippen LogP contribution >= 0.6 is 0 Å². The molecule has 0 aromatic heterocycles. The first kappa shape index (κ1) is 46.3. The molecule has 9 heteroatoms. The smallest absolute Gasteiger partial charge is 0.428 e. The largest absolute Gasteiger partial charge is 0.514 e. The van der Waals surface area contributed by atoms with Crippen molar-refractivity contribution in [1.29, 1.82) is 0 Å². The number of rotatable bonds is 9. The molecule has 0 spiro atoms. The summed E-state index contributed by atoms with van der Waals surface area (Å²) in [4.78, 5) is 36.6. The van der Waals surface area contributed by atoms with Gasteiger partial charge in [0.25, 0.3) is 0 Å². The molecule has 0 saturated heterocycles. The van der Waals surface area contributed by atoms with Crippen LogP contribution in [0.2, 0.25) is 0 Å². The van der Waals surface area contributed by atoms with Crippen molar-refractivity contribution in [2.24, 2.45) is 0 Å². The molecule has 0 radical (unpaired) electrons. The maximum Gasteiger partial charge on any atom is 0.514 e. The third-order valence-electron chi connectivity index (χ3n) is 9.92. The molecule has 9 nitrogen and oxygen atoms in total. The molecule has 0 bridgehead atoms. The Hall–Kier alpha value is -7.65. The van der Waals surface area contributed by atoms with E-state index in [2.05, 4.69) is 91.0 Å². The Morgan fingerprint density at radius 1 is 0.258 bits per heavy atom. The van der Waals surface area contributed by atoms with Crippen molar-refractivity contribution < 1.29 is 42.8 Å². The standard InChI is InChI=1S/C57H54O9/c1-55(2,3)64-52(58)61-49-28-22-40(23-29-49)37-10-16-43(17-11-37)46-34-47(44-18-12-38(13-19-44)41-24-30-50(31-25-41)62-53(59)65-56(4,5)6)36-48(35-46)45-20-14-39(15-21-45)42-26-32-51(33-27-42)63-54(60)66-57(7,8)9/h10-36H,1-9H3. The lowest BCUT2D eigenvalue weighted by atomic mass is 9.91. The first-order valence-corrected chi connectivity index (χ1v) is 21.7. The van der Waals surface area contributed by atoms with E-state index in [0.717, 1.165) is 66.8 Å². The van der Waals surface area contributed by atoms with Gasteiger partial charge in [0.15, 0.2) is 0 Å². The van der Waals surface area contributed by atoms with Crippen LogP contribution in [0.25, 0.3) is 66.8 Å². The molecule has 0 atom stereocenters. The number of ether oxygens (including phenoxy) is 6. The molecule has 0 aliphatic rings. The van der Waals surface area contributed by atoms with Crippen LogP contribution in [-0.2, 0) is 14.2 Å². The monoisotopic (exact) mass is 882 g/mol. The van der Waals surface area contributed by atoms with Gasteiger partial charge in [-0.05, 0) is 184 Å². The SMILES string of the molecule is CC(C)(C)OC(=O)Oc1ccc(-c2ccc(-c3cc(-c4ccc(-c5ccc(OC(=O)OC(C)(C)C)cc5)cc4)cc(-c4ccc(-c5ccc(OC(=O)OC(C)(C)C)cc5)cc4)c3)cc2)cc1. The van der Waals surface area contributed by atoms with E-state index in [-0.39, 0.29) is 0 Å². The lowest BCUT2D eigenvalue weighted by Crippen LogP contribution is -2.25. The summed E-state index contributed by atoms with van der Waals surface area (Å²) in [5.41, 5.74) is 10.3. The first-order chi connectivity index (χ1) is 31.2. The minimum atomic E-state index is -0.745. The molecular formula is C57H54O9. The van der Waals surface area contributed by atoms with E-state index in [0.29, 0.717) is 17.2 Å². The van der Waals surface area contributed by atoms with E-state index in [1.54, 1.807) is 98.7 Å². The highest BCUT2D eigenvalue weighted by Gasteiger charge is 2.20. The zero-order valence-corrected chi connectivity index (χ0v) is 38.8. The van der Waals surface area contributed by atoms with E-state index in [4.69, 9.17) is 28.4 Å². The lowest BCUT2D eigenvalue weighted by molar-refractivity contribution is 0.0193. The van der Waals surface area contributed by atoms with Crippen molar-refractivity contribution in [3.63, 3.8) is 0 Å². The summed E-state index contributed by atoms with van der Waals surface area (Å²) in [5, 5.41) is 0. The maximum atomic E-state index is 12.2. The van der Waals surface area contributed by atoms with Crippen molar-refractivity contribution in [2.75, 3.05) is 0 Å². The third-order valence-corrected chi connectivity index (χ3v) is 9.92. The molecule has 0 aliphatic heterocycles. The topological polar surface area (TPSA) is 107 Å². The number of benzene rings is 7. The predicted octanol–water partition coefficient (Wildman–Crippen LogP) is 15.6. The van der Waals surface area contributed by atoms with Crippen LogP contribution in [0.1, 0.15) is 62.3 Å². The Morgan fingerprint density at radius 2 is 0.409 bits per heavy atom. The second-order valence-electron chi connectivity index (χ2n) is 18.8. The predicted molar refractivity (Wildman–Crippen MR) is 260 cm³/mol. The molecule has 0 N–H and O–H groups in total. The Bertz CT molecular complexity index is 2460. The molecular weight excluding hydrogens is 829 g/mol. The fourth-order valence-electron chi connectivity index (χ4n) is 6.94. The Kier molecular flexibility index (Phi) is 13.5. The van der Waals surface area contributed by atoms with E-state index >= 15 is 0 Å². The molecule has 7 aromatic carbocycles. The van der Waals surface area contributed by atoms with Gasteiger partial charge < -0.3 is 28.4 Å². The fraction of sp³-hybridized carbons (Fsp3) is 0.211. The third kappa shape index (κ3) is 13.0.